The molecule has 2 aromatic carbocycles. The second kappa shape index (κ2) is 18.5. The summed E-state index contributed by atoms with van der Waals surface area (Å²) in [5.41, 5.74) is 8.36. The molecule has 2 heterocycles. The summed E-state index contributed by atoms with van der Waals surface area (Å²) in [5.74, 6) is -0.313. The normalized spacial score (nSPS) is 22.4. The second-order valence-corrected chi connectivity index (χ2v) is 9.76. The summed E-state index contributed by atoms with van der Waals surface area (Å²) in [4.78, 5) is 34.1. The fourth-order valence-electron chi connectivity index (χ4n) is 4.44. The lowest BCUT2D eigenvalue weighted by Crippen LogP contribution is -2.51. The van der Waals surface area contributed by atoms with Crippen molar-refractivity contribution in [2.75, 3.05) is 26.3 Å². The molecule has 10 nitrogen and oxygen atoms in total. The van der Waals surface area contributed by atoms with E-state index in [2.05, 4.69) is 21.6 Å². The minimum atomic E-state index is -0.179. The lowest BCUT2D eigenvalue weighted by atomic mass is 10.0. The van der Waals surface area contributed by atoms with Gasteiger partial charge in [-0.2, -0.15) is 11.0 Å². The lowest BCUT2D eigenvalue weighted by Gasteiger charge is -2.28. The molecule has 0 saturated carbocycles. The third kappa shape index (κ3) is 11.7. The molecule has 0 aliphatic carbocycles. The largest absolute Gasteiger partial charge is 0.465 e. The number of ether oxygens (including phenoxy) is 2. The molecule has 1 unspecified atom stereocenters. The number of carbonyl (C=O) groups is 2. The third-order valence-electron chi connectivity index (χ3n) is 6.63. The third-order valence-corrected chi connectivity index (χ3v) is 6.63. The van der Waals surface area contributed by atoms with Gasteiger partial charge in [-0.15, -0.1) is 0 Å². The number of hydrogen-bond acceptors (Lipinski definition) is 10. The molecule has 0 spiro atoms. The Balaban J connectivity index is 0.000000220. The van der Waals surface area contributed by atoms with Crippen LogP contribution in [0, 0.1) is 0 Å². The predicted molar refractivity (Wildman–Crippen MR) is 152 cm³/mol. The van der Waals surface area contributed by atoms with E-state index < -0.39 is 0 Å². The van der Waals surface area contributed by atoms with Crippen LogP contribution in [0.25, 0.3) is 0 Å². The fourth-order valence-corrected chi connectivity index (χ4v) is 4.44. The van der Waals surface area contributed by atoms with Crippen LogP contribution in [0.1, 0.15) is 50.7 Å². The molecule has 0 aromatic heterocycles. The van der Waals surface area contributed by atoms with E-state index in [0.717, 1.165) is 36.8 Å². The van der Waals surface area contributed by atoms with Crippen LogP contribution in [0.15, 0.2) is 60.7 Å². The van der Waals surface area contributed by atoms with Gasteiger partial charge in [-0.25, -0.2) is 0 Å². The molecule has 2 saturated heterocycles. The first kappa shape index (κ1) is 31.7. The molecule has 4 N–H and O–H groups in total. The summed E-state index contributed by atoms with van der Waals surface area (Å²) in [7, 11) is 0. The van der Waals surface area contributed by atoms with Crippen molar-refractivity contribution in [2.45, 2.75) is 76.9 Å². The van der Waals surface area contributed by atoms with E-state index >= 15 is 0 Å². The molecular weight excluding hydrogens is 512 g/mol. The van der Waals surface area contributed by atoms with E-state index in [-0.39, 0.29) is 36.1 Å². The summed E-state index contributed by atoms with van der Waals surface area (Å²) < 4.78 is 10.0. The van der Waals surface area contributed by atoms with E-state index in [1.165, 1.54) is 0 Å². The molecule has 4 atom stereocenters. The average Bonchev–Trinajstić information content (AvgIpc) is 2.99. The zero-order chi connectivity index (χ0) is 28.4. The van der Waals surface area contributed by atoms with E-state index in [1.54, 1.807) is 0 Å². The van der Waals surface area contributed by atoms with Crippen LogP contribution >= 0.6 is 0 Å². The minimum absolute atomic E-state index is 0.156. The summed E-state index contributed by atoms with van der Waals surface area (Å²) >= 11 is 0. The number of piperidine rings is 2. The molecule has 2 fully saturated rings. The van der Waals surface area contributed by atoms with Crippen molar-refractivity contribution in [2.24, 2.45) is 0 Å². The highest BCUT2D eigenvalue weighted by atomic mass is 16.6. The minimum Gasteiger partial charge on any atom is -0.465 e. The summed E-state index contributed by atoms with van der Waals surface area (Å²) in [5, 5.41) is 6.37. The van der Waals surface area contributed by atoms with Crippen LogP contribution in [-0.4, -0.2) is 62.4 Å². The van der Waals surface area contributed by atoms with Gasteiger partial charge < -0.3 is 20.1 Å². The van der Waals surface area contributed by atoms with Crippen molar-refractivity contribution in [3.63, 3.8) is 0 Å². The summed E-state index contributed by atoms with van der Waals surface area (Å²) in [6.07, 6.45) is 3.33. The Morgan fingerprint density at radius 2 is 1.07 bits per heavy atom. The second-order valence-electron chi connectivity index (χ2n) is 9.76. The number of esters is 2. The highest BCUT2D eigenvalue weighted by Gasteiger charge is 2.27. The van der Waals surface area contributed by atoms with E-state index in [1.807, 2.05) is 74.5 Å². The number of carbonyl (C=O) groups excluding carboxylic acids is 2. The zero-order valence-electron chi connectivity index (χ0n) is 23.6. The van der Waals surface area contributed by atoms with Crippen LogP contribution in [-0.2, 0) is 42.0 Å². The topological polar surface area (TPSA) is 119 Å². The molecule has 0 bridgehead atoms. The van der Waals surface area contributed by atoms with Gasteiger partial charge >= 0.3 is 11.9 Å². The van der Waals surface area contributed by atoms with Gasteiger partial charge in [0.1, 0.15) is 12.1 Å². The van der Waals surface area contributed by atoms with Crippen molar-refractivity contribution in [1.82, 2.24) is 21.6 Å². The van der Waals surface area contributed by atoms with Crippen LogP contribution in [0.3, 0.4) is 0 Å². The number of rotatable bonds is 12. The maximum Gasteiger partial charge on any atom is 0.323 e. The number of hydrogen-bond donors (Lipinski definition) is 4. The van der Waals surface area contributed by atoms with Crippen molar-refractivity contribution in [1.29, 1.82) is 0 Å². The molecule has 220 valence electrons. The molecule has 2 aromatic rings. The Morgan fingerprint density at radius 3 is 1.40 bits per heavy atom. The highest BCUT2D eigenvalue weighted by Crippen LogP contribution is 2.11. The van der Waals surface area contributed by atoms with Gasteiger partial charge in [-0.1, -0.05) is 60.7 Å². The van der Waals surface area contributed by atoms with E-state index in [0.29, 0.717) is 39.5 Å². The molecule has 2 aliphatic rings. The molecule has 0 amide bonds. The smallest absolute Gasteiger partial charge is 0.323 e. The van der Waals surface area contributed by atoms with Crippen molar-refractivity contribution < 1.29 is 28.7 Å². The molecule has 2 aliphatic heterocycles. The average molecular weight is 557 g/mol. The first-order valence-electron chi connectivity index (χ1n) is 14.2. The summed E-state index contributed by atoms with van der Waals surface area (Å²) in [6.45, 7) is 7.00. The summed E-state index contributed by atoms with van der Waals surface area (Å²) in [6, 6.07) is 20.1. The maximum atomic E-state index is 11.6. The quantitative estimate of drug-likeness (QED) is 0.230. The standard InChI is InChI=1S/2C15H22N2O3/c2*1-2-19-15(18)14-9-8-13(10-16-14)17-20-11-12-6-4-3-5-7-12/h2*3-7,13-14,16-17H,2,8-11H2,1H3/t13?,14-;13-,14-/m11/s1. The van der Waals surface area contributed by atoms with Gasteiger partial charge in [0.15, 0.2) is 0 Å². The molecule has 0 radical (unpaired) electrons. The van der Waals surface area contributed by atoms with Gasteiger partial charge in [-0.05, 0) is 50.7 Å². The number of nitrogens with one attached hydrogen (secondary N) is 4. The first-order valence-corrected chi connectivity index (χ1v) is 14.2. The van der Waals surface area contributed by atoms with Crippen molar-refractivity contribution >= 4 is 11.9 Å². The Labute approximate surface area is 237 Å². The van der Waals surface area contributed by atoms with Crippen molar-refractivity contribution in [3.8, 4) is 0 Å². The predicted octanol–water partition coefficient (Wildman–Crippen LogP) is 2.78. The molecule has 40 heavy (non-hydrogen) atoms. The fraction of sp³-hybridized carbons (Fsp3) is 0.533. The Bertz CT molecular complexity index is 885. The van der Waals surface area contributed by atoms with E-state index in [4.69, 9.17) is 19.1 Å². The zero-order valence-corrected chi connectivity index (χ0v) is 23.6. The van der Waals surface area contributed by atoms with Gasteiger partial charge in [0.05, 0.1) is 26.4 Å². The Hall–Kier alpha value is -2.86. The first-order chi connectivity index (χ1) is 19.6. The van der Waals surface area contributed by atoms with Gasteiger partial charge in [0, 0.05) is 25.2 Å². The van der Waals surface area contributed by atoms with Gasteiger partial charge in [0.2, 0.25) is 0 Å². The molecule has 4 rings (SSSR count). The van der Waals surface area contributed by atoms with Crippen LogP contribution in [0.5, 0.6) is 0 Å². The SMILES string of the molecule is CCOC(=O)[C@H]1CCC(NOCc2ccccc2)CN1.CCOC(=O)[C@H]1CC[C@@H](NOCc2ccccc2)CN1. The van der Waals surface area contributed by atoms with Gasteiger partial charge in [-0.3, -0.25) is 19.3 Å². The van der Waals surface area contributed by atoms with Crippen LogP contribution in [0.4, 0.5) is 0 Å². The van der Waals surface area contributed by atoms with Crippen LogP contribution in [0.2, 0.25) is 0 Å². The van der Waals surface area contributed by atoms with Gasteiger partial charge in [0.25, 0.3) is 0 Å². The van der Waals surface area contributed by atoms with Crippen molar-refractivity contribution in [3.05, 3.63) is 71.8 Å². The Morgan fingerprint density at radius 1 is 0.675 bits per heavy atom. The Kier molecular flexibility index (Phi) is 14.6. The maximum absolute atomic E-state index is 11.6. The highest BCUT2D eigenvalue weighted by molar-refractivity contribution is 5.76. The number of benzene rings is 2. The molecular formula is C30H44N4O6. The lowest BCUT2D eigenvalue weighted by molar-refractivity contribution is -0.147. The van der Waals surface area contributed by atoms with Crippen LogP contribution < -0.4 is 21.6 Å². The van der Waals surface area contributed by atoms with E-state index in [9.17, 15) is 9.59 Å². The monoisotopic (exact) mass is 556 g/mol. The number of hydroxylamine groups is 2. The molecule has 10 heteroatoms.